The van der Waals surface area contributed by atoms with Crippen molar-refractivity contribution in [1.29, 1.82) is 0 Å². The molecule has 1 amide bonds. The lowest BCUT2D eigenvalue weighted by Gasteiger charge is -2.60. The van der Waals surface area contributed by atoms with E-state index in [9.17, 15) is 9.18 Å². The number of rotatable bonds is 5. The average molecular weight is 527 g/mol. The highest BCUT2D eigenvalue weighted by Crippen LogP contribution is 2.64. The van der Waals surface area contributed by atoms with Gasteiger partial charge in [0.1, 0.15) is 12.1 Å². The Kier molecular flexibility index (Phi) is 4.99. The largest absolute Gasteiger partial charge is 0.322 e. The van der Waals surface area contributed by atoms with Crippen molar-refractivity contribution in [3.8, 4) is 0 Å². The second kappa shape index (κ2) is 7.73. The van der Waals surface area contributed by atoms with Crippen molar-refractivity contribution in [3.05, 3.63) is 58.1 Å². The summed E-state index contributed by atoms with van der Waals surface area (Å²) in [6.45, 7) is 4.34. The maximum atomic E-state index is 13.9. The molecule has 1 aromatic carbocycles. The second-order valence-electron chi connectivity index (χ2n) is 10.7. The molecular formula is C25H28BrFN6O. The molecule has 4 bridgehead atoms. The summed E-state index contributed by atoms with van der Waals surface area (Å²) in [7, 11) is 0. The Morgan fingerprint density at radius 2 is 1.97 bits per heavy atom. The van der Waals surface area contributed by atoms with Crippen LogP contribution in [0.3, 0.4) is 0 Å². The molecular weight excluding hydrogens is 499 g/mol. The van der Waals surface area contributed by atoms with Gasteiger partial charge in [0.05, 0.1) is 34.6 Å². The number of anilines is 1. The zero-order valence-corrected chi connectivity index (χ0v) is 21.0. The van der Waals surface area contributed by atoms with Gasteiger partial charge in [-0.25, -0.2) is 14.1 Å². The molecule has 4 aliphatic carbocycles. The minimum absolute atomic E-state index is 0.0988. The zero-order valence-electron chi connectivity index (χ0n) is 19.4. The van der Waals surface area contributed by atoms with Crippen LogP contribution in [0.1, 0.15) is 55.5 Å². The van der Waals surface area contributed by atoms with Gasteiger partial charge in [-0.05, 0) is 97.8 Å². The number of aromatic nitrogens is 5. The van der Waals surface area contributed by atoms with Crippen LogP contribution in [0.2, 0.25) is 0 Å². The fourth-order valence-corrected chi connectivity index (χ4v) is 7.57. The highest BCUT2D eigenvalue weighted by atomic mass is 79.9. The summed E-state index contributed by atoms with van der Waals surface area (Å²) in [4.78, 5) is 18.2. The summed E-state index contributed by atoms with van der Waals surface area (Å²) in [6, 6.07) is 6.55. The van der Waals surface area contributed by atoms with Crippen molar-refractivity contribution in [2.45, 2.75) is 64.5 Å². The first-order chi connectivity index (χ1) is 16.3. The maximum Gasteiger partial charge on any atom is 0.230 e. The lowest BCUT2D eigenvalue weighted by Crippen LogP contribution is -2.60. The van der Waals surface area contributed by atoms with Gasteiger partial charge in [-0.1, -0.05) is 12.1 Å². The lowest BCUT2D eigenvalue weighted by molar-refractivity contribution is -0.150. The number of hydrogen-bond donors (Lipinski definition) is 1. The molecule has 9 heteroatoms. The van der Waals surface area contributed by atoms with Crippen LogP contribution in [0, 0.1) is 36.9 Å². The maximum absolute atomic E-state index is 13.9. The summed E-state index contributed by atoms with van der Waals surface area (Å²) in [5.74, 6) is 0.908. The van der Waals surface area contributed by atoms with Gasteiger partial charge in [-0.3, -0.25) is 9.48 Å². The predicted molar refractivity (Wildman–Crippen MR) is 129 cm³/mol. The highest BCUT2D eigenvalue weighted by Gasteiger charge is 2.61. The van der Waals surface area contributed by atoms with E-state index < -0.39 is 5.41 Å². The first kappa shape index (κ1) is 21.9. The Balaban J connectivity index is 1.27. The van der Waals surface area contributed by atoms with Crippen LogP contribution in [0.5, 0.6) is 0 Å². The quantitative estimate of drug-likeness (QED) is 0.508. The molecule has 7 nitrogen and oxygen atoms in total. The van der Waals surface area contributed by atoms with E-state index in [1.165, 1.54) is 18.6 Å². The van der Waals surface area contributed by atoms with Gasteiger partial charge in [0.15, 0.2) is 0 Å². The van der Waals surface area contributed by atoms with Crippen LogP contribution in [-0.2, 0) is 16.9 Å². The van der Waals surface area contributed by atoms with Crippen molar-refractivity contribution in [3.63, 3.8) is 0 Å². The summed E-state index contributed by atoms with van der Waals surface area (Å²) in [5, 5.41) is 12.5. The summed E-state index contributed by atoms with van der Waals surface area (Å²) < 4.78 is 18.1. The first-order valence-electron chi connectivity index (χ1n) is 11.9. The molecule has 178 valence electrons. The third-order valence-corrected chi connectivity index (χ3v) is 8.67. The lowest BCUT2D eigenvalue weighted by atomic mass is 9.46. The van der Waals surface area contributed by atoms with E-state index in [2.05, 4.69) is 36.4 Å². The first-order valence-corrected chi connectivity index (χ1v) is 12.7. The molecule has 4 saturated carbocycles. The fraction of sp³-hybridized carbons (Fsp3) is 0.520. The van der Waals surface area contributed by atoms with E-state index in [1.807, 2.05) is 35.6 Å². The van der Waals surface area contributed by atoms with Crippen LogP contribution < -0.4 is 5.32 Å². The van der Waals surface area contributed by atoms with Crippen LogP contribution in [0.15, 0.2) is 35.3 Å². The molecule has 0 radical (unpaired) electrons. The van der Waals surface area contributed by atoms with Crippen molar-refractivity contribution >= 4 is 27.5 Å². The van der Waals surface area contributed by atoms with Gasteiger partial charge in [-0.2, -0.15) is 5.10 Å². The molecule has 1 N–H and O–H groups in total. The Hall–Kier alpha value is -2.55. The molecule has 7 rings (SSSR count). The Morgan fingerprint density at radius 3 is 2.65 bits per heavy atom. The molecule has 4 fully saturated rings. The average Bonchev–Trinajstić information content (AvgIpc) is 3.32. The monoisotopic (exact) mass is 526 g/mol. The molecule has 2 atom stereocenters. The molecule has 2 aromatic heterocycles. The van der Waals surface area contributed by atoms with E-state index in [4.69, 9.17) is 0 Å². The van der Waals surface area contributed by atoms with Crippen molar-refractivity contribution in [1.82, 2.24) is 24.5 Å². The van der Waals surface area contributed by atoms with E-state index in [0.717, 1.165) is 54.7 Å². The van der Waals surface area contributed by atoms with Crippen molar-refractivity contribution in [2.24, 2.45) is 17.3 Å². The minimum atomic E-state index is -0.397. The number of hydrogen-bond acceptors (Lipinski definition) is 4. The zero-order chi connectivity index (χ0) is 23.7. The third kappa shape index (κ3) is 3.51. The molecule has 2 heterocycles. The molecule has 34 heavy (non-hydrogen) atoms. The van der Waals surface area contributed by atoms with Crippen molar-refractivity contribution < 1.29 is 9.18 Å². The second-order valence-corrected chi connectivity index (χ2v) is 11.4. The van der Waals surface area contributed by atoms with Crippen LogP contribution in [-0.4, -0.2) is 30.5 Å². The number of aryl methyl sites for hydroxylation is 1. The predicted octanol–water partition coefficient (Wildman–Crippen LogP) is 4.98. The number of benzene rings is 1. The molecule has 0 saturated heterocycles. The summed E-state index contributed by atoms with van der Waals surface area (Å²) >= 11 is 3.39. The Morgan fingerprint density at radius 1 is 1.21 bits per heavy atom. The molecule has 4 aliphatic rings. The minimum Gasteiger partial charge on any atom is -0.322 e. The fourth-order valence-electron chi connectivity index (χ4n) is 7.31. The highest BCUT2D eigenvalue weighted by molar-refractivity contribution is 9.10. The summed E-state index contributed by atoms with van der Waals surface area (Å²) in [6.07, 6.45) is 7.81. The standard InChI is InChI=1S/C25H28BrFN6O/c1-15-21(16(2)32(30-15)12-17-4-3-5-20(27)7-17)29-22(34)24-8-18-6-19(9-24)11-25(10-18,13-24)33-14-28-23(26)31-33/h3-5,7,14,18-19H,6,8-13H2,1-2H3,(H,29,34). The van der Waals surface area contributed by atoms with Gasteiger partial charge in [0.2, 0.25) is 10.6 Å². The number of nitrogens with zero attached hydrogens (tertiary/aromatic N) is 5. The number of nitrogens with one attached hydrogen (secondary N) is 1. The smallest absolute Gasteiger partial charge is 0.230 e. The number of halogens is 2. The Bertz CT molecular complexity index is 1270. The Labute approximate surface area is 206 Å². The van der Waals surface area contributed by atoms with Gasteiger partial charge in [-0.15, -0.1) is 5.10 Å². The van der Waals surface area contributed by atoms with Gasteiger partial charge >= 0.3 is 0 Å². The molecule has 2 unspecified atom stereocenters. The van der Waals surface area contributed by atoms with Crippen LogP contribution in [0.4, 0.5) is 10.1 Å². The SMILES string of the molecule is Cc1nn(Cc2cccc(F)c2)c(C)c1NC(=O)C12CC3CC(C1)CC(n1cnc(Br)n1)(C3)C2. The summed E-state index contributed by atoms with van der Waals surface area (Å²) in [5.41, 5.74) is 2.75. The van der Waals surface area contributed by atoms with E-state index in [-0.39, 0.29) is 17.3 Å². The number of carbonyl (C=O) groups excluding carboxylic acids is 1. The van der Waals surface area contributed by atoms with Crippen molar-refractivity contribution in [2.75, 3.05) is 5.32 Å². The van der Waals surface area contributed by atoms with E-state index >= 15 is 0 Å². The molecule has 0 spiro atoms. The number of amides is 1. The topological polar surface area (TPSA) is 77.6 Å². The van der Waals surface area contributed by atoms with Gasteiger partial charge in [0, 0.05) is 0 Å². The van der Waals surface area contributed by atoms with E-state index in [0.29, 0.717) is 23.1 Å². The molecule has 3 aromatic rings. The van der Waals surface area contributed by atoms with Crippen LogP contribution in [0.25, 0.3) is 0 Å². The van der Waals surface area contributed by atoms with Crippen LogP contribution >= 0.6 is 15.9 Å². The van der Waals surface area contributed by atoms with Gasteiger partial charge in [0.25, 0.3) is 0 Å². The third-order valence-electron chi connectivity index (χ3n) is 8.30. The van der Waals surface area contributed by atoms with Gasteiger partial charge < -0.3 is 5.32 Å². The molecule has 0 aliphatic heterocycles. The van der Waals surface area contributed by atoms with E-state index in [1.54, 1.807) is 6.07 Å². The number of carbonyl (C=O) groups is 1. The normalized spacial score (nSPS) is 29.5.